The molecule has 0 saturated carbocycles. The monoisotopic (exact) mass is 345 g/mol. The fourth-order valence-corrected chi connectivity index (χ4v) is 2.90. The number of carbonyl (C=O) groups excluding carboxylic acids is 1. The van der Waals surface area contributed by atoms with Gasteiger partial charge in [-0.1, -0.05) is 67.2 Å². The standard InChI is InChI=1S/C22H23N3O/c1-16(2)22(26)23-15-20-19(14-17-10-6-4-7-11-17)24-21(25(20)3)18-12-8-5-9-13-18/h4-13H,1,14-15H2,2-3H3,(H,23,26). The number of rotatable bonds is 6. The van der Waals surface area contributed by atoms with Gasteiger partial charge in [-0.3, -0.25) is 4.79 Å². The third kappa shape index (κ3) is 3.91. The van der Waals surface area contributed by atoms with E-state index in [0.29, 0.717) is 12.1 Å². The first-order valence-corrected chi connectivity index (χ1v) is 8.63. The zero-order valence-corrected chi connectivity index (χ0v) is 15.2. The van der Waals surface area contributed by atoms with Crippen molar-refractivity contribution in [3.63, 3.8) is 0 Å². The Morgan fingerprint density at radius 3 is 2.31 bits per heavy atom. The predicted octanol–water partition coefficient (Wildman–Crippen LogP) is 3.87. The zero-order chi connectivity index (χ0) is 18.5. The van der Waals surface area contributed by atoms with Gasteiger partial charge in [0.25, 0.3) is 0 Å². The summed E-state index contributed by atoms with van der Waals surface area (Å²) in [6.45, 7) is 5.83. The van der Waals surface area contributed by atoms with Crippen LogP contribution in [0.4, 0.5) is 0 Å². The third-order valence-electron chi connectivity index (χ3n) is 4.35. The van der Waals surface area contributed by atoms with Crippen molar-refractivity contribution in [3.05, 3.63) is 89.8 Å². The van der Waals surface area contributed by atoms with E-state index in [0.717, 1.165) is 29.2 Å². The maximum atomic E-state index is 11.9. The van der Waals surface area contributed by atoms with Gasteiger partial charge >= 0.3 is 0 Å². The number of benzene rings is 2. The molecule has 0 radical (unpaired) electrons. The SMILES string of the molecule is C=C(C)C(=O)NCc1c(Cc2ccccc2)nc(-c2ccccc2)n1C. The first kappa shape index (κ1) is 17.7. The van der Waals surface area contributed by atoms with E-state index in [1.54, 1.807) is 6.92 Å². The van der Waals surface area contributed by atoms with E-state index in [2.05, 4.69) is 28.6 Å². The lowest BCUT2D eigenvalue weighted by atomic mass is 10.1. The number of nitrogens with zero attached hydrogens (tertiary/aromatic N) is 2. The smallest absolute Gasteiger partial charge is 0.246 e. The molecule has 4 heteroatoms. The van der Waals surface area contributed by atoms with Crippen molar-refractivity contribution in [1.82, 2.24) is 14.9 Å². The van der Waals surface area contributed by atoms with Crippen LogP contribution in [0.2, 0.25) is 0 Å². The molecular weight excluding hydrogens is 322 g/mol. The van der Waals surface area contributed by atoms with Crippen LogP contribution in [0.1, 0.15) is 23.9 Å². The molecular formula is C22H23N3O. The quantitative estimate of drug-likeness (QED) is 0.690. The van der Waals surface area contributed by atoms with E-state index >= 15 is 0 Å². The Kier molecular flexibility index (Phi) is 5.32. The van der Waals surface area contributed by atoms with Crippen LogP contribution in [0, 0.1) is 0 Å². The molecule has 0 unspecified atom stereocenters. The summed E-state index contributed by atoms with van der Waals surface area (Å²) in [5.74, 6) is 0.759. The summed E-state index contributed by atoms with van der Waals surface area (Å²) < 4.78 is 2.06. The minimum atomic E-state index is -0.141. The van der Waals surface area contributed by atoms with Gasteiger partial charge in [0.05, 0.1) is 17.9 Å². The summed E-state index contributed by atoms with van der Waals surface area (Å²) in [5, 5.41) is 2.93. The molecule has 0 saturated heterocycles. The molecule has 3 aromatic rings. The molecule has 1 heterocycles. The molecule has 0 spiro atoms. The summed E-state index contributed by atoms with van der Waals surface area (Å²) in [4.78, 5) is 16.8. The highest BCUT2D eigenvalue weighted by molar-refractivity contribution is 5.92. The number of nitrogens with one attached hydrogen (secondary N) is 1. The molecule has 0 bridgehead atoms. The van der Waals surface area contributed by atoms with Gasteiger partial charge in [0, 0.05) is 24.6 Å². The number of aromatic nitrogens is 2. The van der Waals surface area contributed by atoms with Gasteiger partial charge in [-0.15, -0.1) is 0 Å². The second-order valence-corrected chi connectivity index (χ2v) is 6.38. The van der Waals surface area contributed by atoms with Crippen LogP contribution in [0.25, 0.3) is 11.4 Å². The number of imidazole rings is 1. The lowest BCUT2D eigenvalue weighted by Crippen LogP contribution is -2.25. The molecule has 0 aliphatic rings. The molecule has 2 aromatic carbocycles. The third-order valence-corrected chi connectivity index (χ3v) is 4.35. The Hall–Kier alpha value is -3.14. The van der Waals surface area contributed by atoms with E-state index < -0.39 is 0 Å². The second kappa shape index (κ2) is 7.83. The van der Waals surface area contributed by atoms with Crippen molar-refractivity contribution in [1.29, 1.82) is 0 Å². The molecule has 1 aromatic heterocycles. The normalized spacial score (nSPS) is 10.5. The fraction of sp³-hybridized carbons (Fsp3) is 0.182. The van der Waals surface area contributed by atoms with Gasteiger partial charge in [-0.2, -0.15) is 0 Å². The van der Waals surface area contributed by atoms with Crippen molar-refractivity contribution in [2.75, 3.05) is 0 Å². The maximum Gasteiger partial charge on any atom is 0.246 e. The minimum Gasteiger partial charge on any atom is -0.347 e. The molecule has 26 heavy (non-hydrogen) atoms. The van der Waals surface area contributed by atoms with Gasteiger partial charge in [-0.05, 0) is 12.5 Å². The summed E-state index contributed by atoms with van der Waals surface area (Å²) in [6, 6.07) is 20.3. The molecule has 4 nitrogen and oxygen atoms in total. The van der Waals surface area contributed by atoms with Crippen molar-refractivity contribution in [2.45, 2.75) is 19.9 Å². The zero-order valence-electron chi connectivity index (χ0n) is 15.2. The van der Waals surface area contributed by atoms with Crippen LogP contribution in [0.15, 0.2) is 72.8 Å². The molecule has 0 aliphatic carbocycles. The van der Waals surface area contributed by atoms with Crippen molar-refractivity contribution in [3.8, 4) is 11.4 Å². The molecule has 0 aliphatic heterocycles. The fourth-order valence-electron chi connectivity index (χ4n) is 2.90. The summed E-state index contributed by atoms with van der Waals surface area (Å²) in [6.07, 6.45) is 0.722. The summed E-state index contributed by atoms with van der Waals surface area (Å²) in [7, 11) is 1.99. The Morgan fingerprint density at radius 2 is 1.69 bits per heavy atom. The maximum absolute atomic E-state index is 11.9. The first-order valence-electron chi connectivity index (χ1n) is 8.63. The highest BCUT2D eigenvalue weighted by Crippen LogP contribution is 2.23. The Balaban J connectivity index is 1.97. The Labute approximate surface area is 154 Å². The largest absolute Gasteiger partial charge is 0.347 e. The van der Waals surface area contributed by atoms with Gasteiger partial charge < -0.3 is 9.88 Å². The second-order valence-electron chi connectivity index (χ2n) is 6.38. The number of hydrogen-bond donors (Lipinski definition) is 1. The molecule has 1 N–H and O–H groups in total. The van der Waals surface area contributed by atoms with E-state index in [1.165, 1.54) is 5.56 Å². The molecule has 132 valence electrons. The Bertz CT molecular complexity index is 911. The molecule has 0 fully saturated rings. The number of carbonyl (C=O) groups is 1. The van der Waals surface area contributed by atoms with Crippen LogP contribution in [0.3, 0.4) is 0 Å². The van der Waals surface area contributed by atoms with E-state index in [4.69, 9.17) is 4.98 Å². The molecule has 0 atom stereocenters. The summed E-state index contributed by atoms with van der Waals surface area (Å²) in [5.41, 5.74) is 4.72. The average Bonchev–Trinajstić information content (AvgIpc) is 2.96. The van der Waals surface area contributed by atoms with Gasteiger partial charge in [0.1, 0.15) is 5.82 Å². The van der Waals surface area contributed by atoms with E-state index in [-0.39, 0.29) is 5.91 Å². The molecule has 3 rings (SSSR count). The lowest BCUT2D eigenvalue weighted by molar-refractivity contribution is -0.117. The minimum absolute atomic E-state index is 0.141. The van der Waals surface area contributed by atoms with Gasteiger partial charge in [0.2, 0.25) is 5.91 Å². The highest BCUT2D eigenvalue weighted by atomic mass is 16.1. The first-order chi connectivity index (χ1) is 12.6. The lowest BCUT2D eigenvalue weighted by Gasteiger charge is -2.09. The van der Waals surface area contributed by atoms with Crippen LogP contribution < -0.4 is 5.32 Å². The van der Waals surface area contributed by atoms with Crippen molar-refractivity contribution >= 4 is 5.91 Å². The van der Waals surface area contributed by atoms with Crippen LogP contribution in [-0.2, 0) is 24.8 Å². The van der Waals surface area contributed by atoms with Gasteiger partial charge in [-0.25, -0.2) is 4.98 Å². The number of hydrogen-bond acceptors (Lipinski definition) is 2. The Morgan fingerprint density at radius 1 is 1.08 bits per heavy atom. The highest BCUT2D eigenvalue weighted by Gasteiger charge is 2.17. The van der Waals surface area contributed by atoms with Crippen molar-refractivity contribution in [2.24, 2.45) is 7.05 Å². The van der Waals surface area contributed by atoms with Crippen LogP contribution in [0.5, 0.6) is 0 Å². The van der Waals surface area contributed by atoms with E-state index in [9.17, 15) is 4.79 Å². The van der Waals surface area contributed by atoms with Crippen LogP contribution in [-0.4, -0.2) is 15.5 Å². The van der Waals surface area contributed by atoms with Crippen LogP contribution >= 0.6 is 0 Å². The van der Waals surface area contributed by atoms with E-state index in [1.807, 2.05) is 55.6 Å². The van der Waals surface area contributed by atoms with Crippen molar-refractivity contribution < 1.29 is 4.79 Å². The number of amides is 1. The summed E-state index contributed by atoms with van der Waals surface area (Å²) >= 11 is 0. The topological polar surface area (TPSA) is 46.9 Å². The predicted molar refractivity (Wildman–Crippen MR) is 105 cm³/mol. The molecule has 1 amide bonds. The average molecular weight is 345 g/mol. The van der Waals surface area contributed by atoms with Gasteiger partial charge in [0.15, 0.2) is 0 Å².